The Bertz CT molecular complexity index is 1310. The number of hydrogen-bond donors (Lipinski definition) is 0. The zero-order valence-electron chi connectivity index (χ0n) is 17.7. The van der Waals surface area contributed by atoms with Crippen LogP contribution in [0, 0.1) is 18.3 Å². The van der Waals surface area contributed by atoms with Crippen LogP contribution in [-0.4, -0.2) is 53.5 Å². The van der Waals surface area contributed by atoms with Crippen molar-refractivity contribution >= 4 is 48.9 Å². The van der Waals surface area contributed by atoms with Gasteiger partial charge in [0, 0.05) is 44.2 Å². The molecule has 1 fully saturated rings. The second kappa shape index (κ2) is 8.87. The van der Waals surface area contributed by atoms with E-state index in [1.165, 1.54) is 5.56 Å². The molecule has 2 aromatic heterocycles. The molecule has 2 aromatic carbocycles. The zero-order valence-corrected chi connectivity index (χ0v) is 19.3. The van der Waals surface area contributed by atoms with E-state index in [1.807, 2.05) is 53.6 Å². The van der Waals surface area contributed by atoms with Crippen molar-refractivity contribution in [1.29, 1.82) is 5.26 Å². The van der Waals surface area contributed by atoms with Crippen LogP contribution in [0.1, 0.15) is 16.1 Å². The van der Waals surface area contributed by atoms with Gasteiger partial charge in [-0.1, -0.05) is 12.1 Å². The molecule has 32 heavy (non-hydrogen) atoms. The number of nitrogens with zero attached hydrogens (tertiary/aromatic N) is 4. The number of carbonyl (C=O) groups is 1. The first kappa shape index (κ1) is 20.9. The number of fused-ring (bicyclic) bond motifs is 3. The van der Waals surface area contributed by atoms with Crippen LogP contribution in [0.3, 0.4) is 0 Å². The SMILES string of the molecule is Cc1nc2c(cc(OCC(=O)N3CCN(Cc4ccc(C#N)cc4)CC3)c3ccsc32)s1. The van der Waals surface area contributed by atoms with Crippen LogP contribution in [0.2, 0.25) is 0 Å². The van der Waals surface area contributed by atoms with Crippen LogP contribution < -0.4 is 4.74 Å². The van der Waals surface area contributed by atoms with E-state index in [2.05, 4.69) is 16.0 Å². The summed E-state index contributed by atoms with van der Waals surface area (Å²) in [4.78, 5) is 21.7. The fourth-order valence-electron chi connectivity index (χ4n) is 4.04. The van der Waals surface area contributed by atoms with Gasteiger partial charge >= 0.3 is 0 Å². The Kier molecular flexibility index (Phi) is 5.79. The van der Waals surface area contributed by atoms with Gasteiger partial charge in [0.25, 0.3) is 5.91 Å². The van der Waals surface area contributed by atoms with Gasteiger partial charge in [-0.2, -0.15) is 5.26 Å². The monoisotopic (exact) mass is 462 g/mol. The van der Waals surface area contributed by atoms with Crippen molar-refractivity contribution in [2.75, 3.05) is 32.8 Å². The van der Waals surface area contributed by atoms with Gasteiger partial charge in [0.2, 0.25) is 0 Å². The van der Waals surface area contributed by atoms with E-state index in [-0.39, 0.29) is 12.5 Å². The third-order valence-corrected chi connectivity index (χ3v) is 7.57. The van der Waals surface area contributed by atoms with Gasteiger partial charge in [0.1, 0.15) is 5.75 Å². The van der Waals surface area contributed by atoms with Crippen LogP contribution in [0.5, 0.6) is 5.75 Å². The summed E-state index contributed by atoms with van der Waals surface area (Å²) in [5.74, 6) is 0.775. The number of carbonyl (C=O) groups excluding carboxylic acids is 1. The van der Waals surface area contributed by atoms with E-state index in [0.29, 0.717) is 18.7 Å². The lowest BCUT2D eigenvalue weighted by Gasteiger charge is -2.34. The molecule has 8 heteroatoms. The lowest BCUT2D eigenvalue weighted by atomic mass is 10.1. The number of nitriles is 1. The Morgan fingerprint density at radius 3 is 2.72 bits per heavy atom. The lowest BCUT2D eigenvalue weighted by molar-refractivity contribution is -0.135. The number of ether oxygens (including phenoxy) is 1. The van der Waals surface area contributed by atoms with E-state index in [4.69, 9.17) is 10.00 Å². The van der Waals surface area contributed by atoms with Crippen LogP contribution in [0.15, 0.2) is 41.8 Å². The van der Waals surface area contributed by atoms with Crippen molar-refractivity contribution < 1.29 is 9.53 Å². The highest BCUT2D eigenvalue weighted by Gasteiger charge is 2.22. The van der Waals surface area contributed by atoms with Crippen molar-refractivity contribution in [1.82, 2.24) is 14.8 Å². The van der Waals surface area contributed by atoms with E-state index in [1.54, 1.807) is 22.7 Å². The highest BCUT2D eigenvalue weighted by atomic mass is 32.1. The quantitative estimate of drug-likeness (QED) is 0.439. The largest absolute Gasteiger partial charge is 0.483 e. The van der Waals surface area contributed by atoms with Crippen LogP contribution >= 0.6 is 22.7 Å². The number of benzene rings is 2. The minimum Gasteiger partial charge on any atom is -0.483 e. The maximum Gasteiger partial charge on any atom is 0.260 e. The summed E-state index contributed by atoms with van der Waals surface area (Å²) in [6.45, 7) is 5.92. The minimum atomic E-state index is 0.0204. The molecule has 0 spiro atoms. The summed E-state index contributed by atoms with van der Waals surface area (Å²) >= 11 is 3.31. The number of thiophene rings is 1. The van der Waals surface area contributed by atoms with Crippen LogP contribution in [-0.2, 0) is 11.3 Å². The van der Waals surface area contributed by atoms with E-state index < -0.39 is 0 Å². The number of aromatic nitrogens is 1. The molecule has 1 saturated heterocycles. The van der Waals surface area contributed by atoms with E-state index in [0.717, 1.165) is 50.7 Å². The van der Waals surface area contributed by atoms with Crippen molar-refractivity contribution in [2.24, 2.45) is 0 Å². The minimum absolute atomic E-state index is 0.0204. The smallest absolute Gasteiger partial charge is 0.260 e. The lowest BCUT2D eigenvalue weighted by Crippen LogP contribution is -2.49. The third kappa shape index (κ3) is 4.19. The molecule has 5 rings (SSSR count). The Labute approximate surface area is 194 Å². The fraction of sp³-hybridized carbons (Fsp3) is 0.292. The molecule has 0 unspecified atom stereocenters. The zero-order chi connectivity index (χ0) is 22.1. The Balaban J connectivity index is 1.18. The van der Waals surface area contributed by atoms with E-state index >= 15 is 0 Å². The van der Waals surface area contributed by atoms with Gasteiger partial charge in [0.15, 0.2) is 6.61 Å². The van der Waals surface area contributed by atoms with Crippen molar-refractivity contribution in [2.45, 2.75) is 13.5 Å². The van der Waals surface area contributed by atoms with Gasteiger partial charge in [-0.05, 0) is 36.1 Å². The van der Waals surface area contributed by atoms with Crippen molar-refractivity contribution in [3.8, 4) is 11.8 Å². The summed E-state index contributed by atoms with van der Waals surface area (Å²) in [6, 6.07) is 13.9. The first-order chi connectivity index (χ1) is 15.6. The van der Waals surface area contributed by atoms with Gasteiger partial charge in [-0.25, -0.2) is 4.98 Å². The molecular weight excluding hydrogens is 440 g/mol. The summed E-state index contributed by atoms with van der Waals surface area (Å²) in [5.41, 5.74) is 2.88. The Morgan fingerprint density at radius 1 is 1.19 bits per heavy atom. The molecule has 1 amide bonds. The molecule has 0 atom stereocenters. The number of piperazine rings is 1. The molecule has 0 saturated carbocycles. The Hall–Kier alpha value is -2.99. The maximum absolute atomic E-state index is 12.8. The second-order valence-corrected chi connectivity index (χ2v) is 10.0. The van der Waals surface area contributed by atoms with Gasteiger partial charge in [-0.3, -0.25) is 9.69 Å². The molecular formula is C24H22N4O2S2. The predicted octanol–water partition coefficient (Wildman–Crippen LogP) is 4.41. The summed E-state index contributed by atoms with van der Waals surface area (Å²) in [5, 5.41) is 13.0. The second-order valence-electron chi connectivity index (χ2n) is 7.87. The average Bonchev–Trinajstić information content (AvgIpc) is 3.44. The first-order valence-electron chi connectivity index (χ1n) is 10.5. The van der Waals surface area contributed by atoms with Crippen molar-refractivity contribution in [3.05, 3.63) is 57.9 Å². The number of amides is 1. The average molecular weight is 463 g/mol. The predicted molar refractivity (Wildman–Crippen MR) is 128 cm³/mol. The van der Waals surface area contributed by atoms with Crippen LogP contribution in [0.25, 0.3) is 20.3 Å². The topological polar surface area (TPSA) is 69.5 Å². The normalized spacial score (nSPS) is 14.7. The van der Waals surface area contributed by atoms with E-state index in [9.17, 15) is 4.79 Å². The van der Waals surface area contributed by atoms with Crippen molar-refractivity contribution in [3.63, 3.8) is 0 Å². The number of hydrogen-bond acceptors (Lipinski definition) is 7. The van der Waals surface area contributed by atoms with Gasteiger partial charge in [0.05, 0.1) is 31.6 Å². The summed E-state index contributed by atoms with van der Waals surface area (Å²) < 4.78 is 8.22. The molecule has 0 bridgehead atoms. The maximum atomic E-state index is 12.8. The molecule has 162 valence electrons. The summed E-state index contributed by atoms with van der Waals surface area (Å²) in [7, 11) is 0. The standard InChI is InChI=1S/C24H22N4O2S2/c1-16-26-23-21(32-16)12-20(19-6-11-31-24(19)23)30-15-22(29)28-9-7-27(8-10-28)14-18-4-2-17(13-25)3-5-18/h2-6,11-12H,7-10,14-15H2,1H3. The number of thiazole rings is 1. The molecule has 0 aliphatic carbocycles. The highest BCUT2D eigenvalue weighted by Crippen LogP contribution is 2.38. The third-order valence-electron chi connectivity index (χ3n) is 5.73. The van der Waals surface area contributed by atoms with Gasteiger partial charge < -0.3 is 9.64 Å². The first-order valence-corrected chi connectivity index (χ1v) is 12.2. The molecule has 6 nitrogen and oxygen atoms in total. The fourth-order valence-corrected chi connectivity index (χ4v) is 5.87. The molecule has 0 radical (unpaired) electrons. The number of rotatable bonds is 5. The van der Waals surface area contributed by atoms with Crippen LogP contribution in [0.4, 0.5) is 0 Å². The highest BCUT2D eigenvalue weighted by molar-refractivity contribution is 7.21. The molecule has 0 N–H and O–H groups in total. The molecule has 1 aliphatic rings. The molecule has 3 heterocycles. The Morgan fingerprint density at radius 2 is 1.97 bits per heavy atom. The summed E-state index contributed by atoms with van der Waals surface area (Å²) in [6.07, 6.45) is 0. The number of aryl methyl sites for hydroxylation is 1. The van der Waals surface area contributed by atoms with Gasteiger partial charge in [-0.15, -0.1) is 22.7 Å². The molecule has 4 aromatic rings. The molecule has 1 aliphatic heterocycles.